The lowest BCUT2D eigenvalue weighted by atomic mass is 10.0. The van der Waals surface area contributed by atoms with Crippen molar-refractivity contribution < 1.29 is 19.4 Å². The largest absolute Gasteiger partial charge is 0.477 e. The van der Waals surface area contributed by atoms with Gasteiger partial charge in [0, 0.05) is 25.6 Å². The summed E-state index contributed by atoms with van der Waals surface area (Å²) in [6, 6.07) is 9.51. The van der Waals surface area contributed by atoms with Crippen molar-refractivity contribution >= 4 is 28.5 Å². The number of amides is 1. The molecule has 2 N–H and O–H groups in total. The smallest absolute Gasteiger partial charge is 0.407 e. The van der Waals surface area contributed by atoms with Gasteiger partial charge in [-0.3, -0.25) is 0 Å². The molecule has 1 saturated heterocycles. The molecule has 0 spiro atoms. The minimum absolute atomic E-state index is 0.250. The van der Waals surface area contributed by atoms with E-state index in [4.69, 9.17) is 9.84 Å². The number of thiazole rings is 1. The van der Waals surface area contributed by atoms with E-state index in [2.05, 4.69) is 10.3 Å². The Morgan fingerprint density at radius 3 is 2.72 bits per heavy atom. The molecule has 1 aromatic heterocycles. The van der Waals surface area contributed by atoms with Crippen LogP contribution in [0.2, 0.25) is 0 Å². The van der Waals surface area contributed by atoms with Gasteiger partial charge in [0.25, 0.3) is 0 Å². The highest BCUT2D eigenvalue weighted by Gasteiger charge is 2.30. The van der Waals surface area contributed by atoms with E-state index < -0.39 is 12.1 Å². The second-order valence-corrected chi connectivity index (χ2v) is 6.91. The summed E-state index contributed by atoms with van der Waals surface area (Å²) < 4.78 is 5.16. The summed E-state index contributed by atoms with van der Waals surface area (Å²) >= 11 is 1.19. The van der Waals surface area contributed by atoms with Crippen LogP contribution in [-0.4, -0.2) is 41.8 Å². The first-order chi connectivity index (χ1) is 12.0. The zero-order valence-electron chi connectivity index (χ0n) is 13.8. The highest BCUT2D eigenvalue weighted by molar-refractivity contribution is 7.17. The first-order valence-electron chi connectivity index (χ1n) is 7.93. The van der Waals surface area contributed by atoms with Gasteiger partial charge < -0.3 is 20.1 Å². The zero-order valence-corrected chi connectivity index (χ0v) is 14.6. The van der Waals surface area contributed by atoms with Crippen LogP contribution in [-0.2, 0) is 11.3 Å². The molecule has 0 atom stereocenters. The summed E-state index contributed by atoms with van der Waals surface area (Å²) in [7, 11) is 0. The summed E-state index contributed by atoms with van der Waals surface area (Å²) in [5.74, 6) is -0.636. The molecule has 1 fully saturated rings. The fraction of sp³-hybridized carbons (Fsp3) is 0.353. The molecule has 0 aliphatic carbocycles. The van der Waals surface area contributed by atoms with Crippen LogP contribution in [0.25, 0.3) is 0 Å². The lowest BCUT2D eigenvalue weighted by Gasteiger charge is -2.39. The monoisotopic (exact) mass is 361 g/mol. The Kier molecular flexibility index (Phi) is 5.18. The Bertz CT molecular complexity index is 757. The predicted molar refractivity (Wildman–Crippen MR) is 94.1 cm³/mol. The number of hydrogen-bond acceptors (Lipinski definition) is 6. The maximum absolute atomic E-state index is 11.7. The third-order valence-corrected chi connectivity index (χ3v) is 5.16. The topological polar surface area (TPSA) is 91.8 Å². The van der Waals surface area contributed by atoms with Crippen molar-refractivity contribution in [2.24, 2.45) is 5.92 Å². The number of carbonyl (C=O) groups is 2. The second kappa shape index (κ2) is 7.52. The molecule has 132 valence electrons. The Morgan fingerprint density at radius 2 is 2.08 bits per heavy atom. The number of benzene rings is 1. The van der Waals surface area contributed by atoms with Gasteiger partial charge in [0.2, 0.25) is 0 Å². The number of rotatable bonds is 6. The molecule has 0 unspecified atom stereocenters. The zero-order chi connectivity index (χ0) is 17.8. The van der Waals surface area contributed by atoms with Crippen LogP contribution in [0.15, 0.2) is 30.3 Å². The highest BCUT2D eigenvalue weighted by atomic mass is 32.1. The number of anilines is 1. The van der Waals surface area contributed by atoms with Crippen LogP contribution >= 0.6 is 11.3 Å². The van der Waals surface area contributed by atoms with E-state index in [1.165, 1.54) is 11.3 Å². The minimum atomic E-state index is -0.943. The molecule has 1 amide bonds. The normalized spacial score (nSPS) is 14.0. The Balaban J connectivity index is 1.38. The van der Waals surface area contributed by atoms with Gasteiger partial charge in [0.15, 0.2) is 5.13 Å². The average Bonchev–Trinajstić information content (AvgIpc) is 2.94. The fourth-order valence-corrected chi connectivity index (χ4v) is 3.50. The molecule has 0 radical (unpaired) electrons. The number of aryl methyl sites for hydroxylation is 1. The van der Waals surface area contributed by atoms with E-state index in [1.807, 2.05) is 35.2 Å². The van der Waals surface area contributed by atoms with Gasteiger partial charge in [0.1, 0.15) is 11.5 Å². The summed E-state index contributed by atoms with van der Waals surface area (Å²) in [6.45, 7) is 3.96. The molecule has 0 bridgehead atoms. The summed E-state index contributed by atoms with van der Waals surface area (Å²) in [4.78, 5) is 29.4. The SMILES string of the molecule is Cc1nc(N2CC(CNC(=O)OCc3ccccc3)C2)sc1C(=O)O. The van der Waals surface area contributed by atoms with Crippen LogP contribution in [0.1, 0.15) is 20.9 Å². The summed E-state index contributed by atoms with van der Waals surface area (Å²) in [6.07, 6.45) is -0.430. The van der Waals surface area contributed by atoms with E-state index in [0.29, 0.717) is 18.2 Å². The summed E-state index contributed by atoms with van der Waals surface area (Å²) in [5.41, 5.74) is 1.49. The maximum Gasteiger partial charge on any atom is 0.407 e. The van der Waals surface area contributed by atoms with Crippen LogP contribution in [0, 0.1) is 12.8 Å². The quantitative estimate of drug-likeness (QED) is 0.821. The van der Waals surface area contributed by atoms with E-state index >= 15 is 0 Å². The first-order valence-corrected chi connectivity index (χ1v) is 8.75. The Labute approximate surface area is 149 Å². The van der Waals surface area contributed by atoms with Crippen molar-refractivity contribution in [3.8, 4) is 0 Å². The minimum Gasteiger partial charge on any atom is -0.477 e. The number of alkyl carbamates (subject to hydrolysis) is 1. The van der Waals surface area contributed by atoms with Crippen molar-refractivity contribution in [1.29, 1.82) is 0 Å². The number of aromatic carboxylic acids is 1. The number of ether oxygens (including phenoxy) is 1. The summed E-state index contributed by atoms with van der Waals surface area (Å²) in [5, 5.41) is 12.6. The van der Waals surface area contributed by atoms with Crippen molar-refractivity contribution in [3.05, 3.63) is 46.5 Å². The van der Waals surface area contributed by atoms with Gasteiger partial charge in [0.05, 0.1) is 5.69 Å². The van der Waals surface area contributed by atoms with Crippen molar-refractivity contribution in [1.82, 2.24) is 10.3 Å². The number of carbonyl (C=O) groups excluding carboxylic acids is 1. The van der Waals surface area contributed by atoms with E-state index in [1.54, 1.807) is 6.92 Å². The van der Waals surface area contributed by atoms with E-state index in [-0.39, 0.29) is 11.5 Å². The molecule has 25 heavy (non-hydrogen) atoms. The molecule has 7 nitrogen and oxygen atoms in total. The Hall–Kier alpha value is -2.61. The van der Waals surface area contributed by atoms with Gasteiger partial charge in [-0.05, 0) is 12.5 Å². The number of hydrogen-bond donors (Lipinski definition) is 2. The molecule has 1 aliphatic heterocycles. The van der Waals surface area contributed by atoms with Crippen LogP contribution in [0.3, 0.4) is 0 Å². The molecule has 1 aromatic carbocycles. The number of carboxylic acid groups (broad SMARTS) is 1. The van der Waals surface area contributed by atoms with Crippen LogP contribution < -0.4 is 10.2 Å². The molecule has 3 rings (SSSR count). The lowest BCUT2D eigenvalue weighted by molar-refractivity contribution is 0.0701. The number of nitrogens with zero attached hydrogens (tertiary/aromatic N) is 2. The molecule has 2 aromatic rings. The average molecular weight is 361 g/mol. The molecular weight excluding hydrogens is 342 g/mol. The lowest BCUT2D eigenvalue weighted by Crippen LogP contribution is -2.51. The van der Waals surface area contributed by atoms with E-state index in [0.717, 1.165) is 23.8 Å². The molecular formula is C17H19N3O4S. The third kappa shape index (κ3) is 4.27. The molecule has 1 aliphatic rings. The molecule has 0 saturated carbocycles. The standard InChI is InChI=1S/C17H19N3O4S/c1-11-14(15(21)22)25-16(19-11)20-8-13(9-20)7-18-17(23)24-10-12-5-3-2-4-6-12/h2-6,13H,7-10H2,1H3,(H,18,23)(H,21,22). The fourth-order valence-electron chi connectivity index (χ4n) is 2.57. The molecule has 2 heterocycles. The second-order valence-electron chi connectivity index (χ2n) is 5.93. The number of nitrogens with one attached hydrogen (secondary N) is 1. The first kappa shape index (κ1) is 17.2. The highest BCUT2D eigenvalue weighted by Crippen LogP contribution is 2.30. The van der Waals surface area contributed by atoms with Gasteiger partial charge in [-0.1, -0.05) is 41.7 Å². The van der Waals surface area contributed by atoms with Crippen molar-refractivity contribution in [3.63, 3.8) is 0 Å². The third-order valence-electron chi connectivity index (χ3n) is 3.96. The van der Waals surface area contributed by atoms with Gasteiger partial charge in [-0.15, -0.1) is 0 Å². The van der Waals surface area contributed by atoms with Gasteiger partial charge >= 0.3 is 12.1 Å². The van der Waals surface area contributed by atoms with Gasteiger partial charge in [-0.2, -0.15) is 0 Å². The maximum atomic E-state index is 11.7. The van der Waals surface area contributed by atoms with Crippen LogP contribution in [0.4, 0.5) is 9.93 Å². The van der Waals surface area contributed by atoms with Crippen LogP contribution in [0.5, 0.6) is 0 Å². The van der Waals surface area contributed by atoms with Crippen molar-refractivity contribution in [2.75, 3.05) is 24.5 Å². The van der Waals surface area contributed by atoms with E-state index in [9.17, 15) is 9.59 Å². The van der Waals surface area contributed by atoms with Gasteiger partial charge in [-0.25, -0.2) is 14.6 Å². The van der Waals surface area contributed by atoms with Crippen molar-refractivity contribution in [2.45, 2.75) is 13.5 Å². The number of carboxylic acids is 1. The predicted octanol–water partition coefficient (Wildman–Crippen LogP) is 2.51. The molecule has 8 heteroatoms. The Morgan fingerprint density at radius 1 is 1.36 bits per heavy atom. The number of aromatic nitrogens is 1.